The SMILES string of the molecule is CCCOc1ccccc1/C=C(\C(=O)O)c1cccc(O)c1. The lowest BCUT2D eigenvalue weighted by molar-refractivity contribution is -0.130. The molecule has 0 saturated carbocycles. The number of aliphatic carboxylic acids is 1. The first-order valence-electron chi connectivity index (χ1n) is 7.08. The molecule has 0 aliphatic heterocycles. The first-order chi connectivity index (χ1) is 10.6. The molecule has 2 N–H and O–H groups in total. The number of carboxylic acid groups (broad SMARTS) is 1. The van der Waals surface area contributed by atoms with Crippen LogP contribution in [0.3, 0.4) is 0 Å². The molecule has 0 bridgehead atoms. The van der Waals surface area contributed by atoms with E-state index < -0.39 is 5.97 Å². The van der Waals surface area contributed by atoms with Gasteiger partial charge in [0.25, 0.3) is 0 Å². The van der Waals surface area contributed by atoms with E-state index in [4.69, 9.17) is 4.74 Å². The van der Waals surface area contributed by atoms with Crippen molar-refractivity contribution in [3.63, 3.8) is 0 Å². The fraction of sp³-hybridized carbons (Fsp3) is 0.167. The summed E-state index contributed by atoms with van der Waals surface area (Å²) in [5.74, 6) is -0.390. The average molecular weight is 298 g/mol. The van der Waals surface area contributed by atoms with Crippen molar-refractivity contribution < 1.29 is 19.7 Å². The Morgan fingerprint density at radius 1 is 1.18 bits per heavy atom. The number of ether oxygens (including phenoxy) is 1. The van der Waals surface area contributed by atoms with E-state index in [1.165, 1.54) is 12.1 Å². The predicted octanol–water partition coefficient (Wildman–Crippen LogP) is 3.81. The maximum atomic E-state index is 11.6. The second kappa shape index (κ2) is 7.31. The number of carbonyl (C=O) groups is 1. The molecule has 2 aromatic rings. The average Bonchev–Trinajstić information content (AvgIpc) is 2.51. The van der Waals surface area contributed by atoms with Crippen LogP contribution < -0.4 is 4.74 Å². The minimum absolute atomic E-state index is 0.0279. The van der Waals surface area contributed by atoms with Gasteiger partial charge in [0.1, 0.15) is 11.5 Å². The van der Waals surface area contributed by atoms with Gasteiger partial charge < -0.3 is 14.9 Å². The van der Waals surface area contributed by atoms with Gasteiger partial charge in [0.2, 0.25) is 0 Å². The molecule has 0 aromatic heterocycles. The van der Waals surface area contributed by atoms with Gasteiger partial charge in [-0.1, -0.05) is 37.3 Å². The largest absolute Gasteiger partial charge is 0.508 e. The summed E-state index contributed by atoms with van der Waals surface area (Å²) < 4.78 is 5.64. The molecule has 4 nitrogen and oxygen atoms in total. The molecule has 0 saturated heterocycles. The Balaban J connectivity index is 2.45. The van der Waals surface area contributed by atoms with Crippen molar-refractivity contribution in [1.82, 2.24) is 0 Å². The number of carboxylic acids is 1. The Morgan fingerprint density at radius 3 is 2.64 bits per heavy atom. The highest BCUT2D eigenvalue weighted by molar-refractivity contribution is 6.20. The van der Waals surface area contributed by atoms with Crippen LogP contribution >= 0.6 is 0 Å². The fourth-order valence-corrected chi connectivity index (χ4v) is 2.04. The molecule has 4 heteroatoms. The van der Waals surface area contributed by atoms with Crippen LogP contribution in [0.25, 0.3) is 11.6 Å². The van der Waals surface area contributed by atoms with Crippen molar-refractivity contribution in [2.75, 3.05) is 6.61 Å². The van der Waals surface area contributed by atoms with Crippen molar-refractivity contribution in [3.8, 4) is 11.5 Å². The molecule has 0 spiro atoms. The topological polar surface area (TPSA) is 66.8 Å². The number of phenols is 1. The van der Waals surface area contributed by atoms with Crippen LogP contribution in [0.5, 0.6) is 11.5 Å². The lowest BCUT2D eigenvalue weighted by Crippen LogP contribution is -2.01. The van der Waals surface area contributed by atoms with Gasteiger partial charge >= 0.3 is 5.97 Å². The number of benzene rings is 2. The lowest BCUT2D eigenvalue weighted by atomic mass is 10.0. The zero-order valence-corrected chi connectivity index (χ0v) is 12.3. The molecule has 2 rings (SSSR count). The summed E-state index contributed by atoms with van der Waals surface area (Å²) >= 11 is 0. The summed E-state index contributed by atoms with van der Waals surface area (Å²) in [5, 5.41) is 19.0. The minimum Gasteiger partial charge on any atom is -0.508 e. The quantitative estimate of drug-likeness (QED) is 0.628. The van der Waals surface area contributed by atoms with E-state index >= 15 is 0 Å². The number of hydrogen-bond donors (Lipinski definition) is 2. The van der Waals surface area contributed by atoms with Gasteiger partial charge in [0.15, 0.2) is 0 Å². The van der Waals surface area contributed by atoms with Crippen LogP contribution in [0.15, 0.2) is 48.5 Å². The first kappa shape index (κ1) is 15.6. The summed E-state index contributed by atoms with van der Waals surface area (Å²) in [6, 6.07) is 13.5. The van der Waals surface area contributed by atoms with Crippen LogP contribution in [-0.2, 0) is 4.79 Å². The molecule has 2 aromatic carbocycles. The zero-order valence-electron chi connectivity index (χ0n) is 12.3. The Hall–Kier alpha value is -2.75. The minimum atomic E-state index is -1.06. The van der Waals surface area contributed by atoms with Crippen LogP contribution in [-0.4, -0.2) is 22.8 Å². The molecule has 0 aliphatic rings. The predicted molar refractivity (Wildman–Crippen MR) is 85.8 cm³/mol. The van der Waals surface area contributed by atoms with Crippen molar-refractivity contribution in [1.29, 1.82) is 0 Å². The van der Waals surface area contributed by atoms with E-state index in [-0.39, 0.29) is 11.3 Å². The van der Waals surface area contributed by atoms with Crippen molar-refractivity contribution in [3.05, 3.63) is 59.7 Å². The van der Waals surface area contributed by atoms with Crippen LogP contribution in [0, 0.1) is 0 Å². The second-order valence-electron chi connectivity index (χ2n) is 4.80. The third-order valence-corrected chi connectivity index (χ3v) is 3.07. The number of para-hydroxylation sites is 1. The summed E-state index contributed by atoms with van der Waals surface area (Å²) in [6.45, 7) is 2.58. The van der Waals surface area contributed by atoms with Crippen LogP contribution in [0.4, 0.5) is 0 Å². The van der Waals surface area contributed by atoms with Gasteiger partial charge in [-0.25, -0.2) is 4.79 Å². The fourth-order valence-electron chi connectivity index (χ4n) is 2.04. The Labute approximate surface area is 129 Å². The number of hydrogen-bond acceptors (Lipinski definition) is 3. The highest BCUT2D eigenvalue weighted by atomic mass is 16.5. The van der Waals surface area contributed by atoms with E-state index in [0.29, 0.717) is 23.5 Å². The van der Waals surface area contributed by atoms with Gasteiger partial charge in [-0.05, 0) is 36.3 Å². The molecule has 0 fully saturated rings. The molecule has 0 atom stereocenters. The molecular weight excluding hydrogens is 280 g/mol. The summed E-state index contributed by atoms with van der Waals surface area (Å²) in [5.41, 5.74) is 1.23. The van der Waals surface area contributed by atoms with Gasteiger partial charge in [0, 0.05) is 5.56 Å². The molecule has 0 aliphatic carbocycles. The van der Waals surface area contributed by atoms with Gasteiger partial charge in [0.05, 0.1) is 12.2 Å². The van der Waals surface area contributed by atoms with E-state index in [1.807, 2.05) is 25.1 Å². The second-order valence-corrected chi connectivity index (χ2v) is 4.80. The highest BCUT2D eigenvalue weighted by Gasteiger charge is 2.12. The first-order valence-corrected chi connectivity index (χ1v) is 7.08. The van der Waals surface area contributed by atoms with Gasteiger partial charge in [-0.15, -0.1) is 0 Å². The highest BCUT2D eigenvalue weighted by Crippen LogP contribution is 2.26. The van der Waals surface area contributed by atoms with Crippen LogP contribution in [0.2, 0.25) is 0 Å². The number of aromatic hydroxyl groups is 1. The molecule has 0 radical (unpaired) electrons. The Kier molecular flexibility index (Phi) is 5.20. The van der Waals surface area contributed by atoms with E-state index in [2.05, 4.69) is 0 Å². The van der Waals surface area contributed by atoms with E-state index in [9.17, 15) is 15.0 Å². The zero-order chi connectivity index (χ0) is 15.9. The van der Waals surface area contributed by atoms with E-state index in [0.717, 1.165) is 6.42 Å². The van der Waals surface area contributed by atoms with Gasteiger partial charge in [-0.3, -0.25) is 0 Å². The number of phenolic OH excluding ortho intramolecular Hbond substituents is 1. The van der Waals surface area contributed by atoms with Crippen molar-refractivity contribution >= 4 is 17.6 Å². The molecule has 22 heavy (non-hydrogen) atoms. The van der Waals surface area contributed by atoms with Crippen molar-refractivity contribution in [2.24, 2.45) is 0 Å². The van der Waals surface area contributed by atoms with Crippen LogP contribution in [0.1, 0.15) is 24.5 Å². The Bertz CT molecular complexity index is 689. The number of rotatable bonds is 6. The maximum Gasteiger partial charge on any atom is 0.336 e. The molecule has 0 amide bonds. The molecule has 0 unspecified atom stereocenters. The van der Waals surface area contributed by atoms with Gasteiger partial charge in [-0.2, -0.15) is 0 Å². The standard InChI is InChI=1S/C18H18O4/c1-2-10-22-17-9-4-3-6-14(17)12-16(18(20)21)13-7-5-8-15(19)11-13/h3-9,11-12,19H,2,10H2,1H3,(H,20,21)/b16-12-. The third-order valence-electron chi connectivity index (χ3n) is 3.07. The summed E-state index contributed by atoms with van der Waals surface area (Å²) in [6.07, 6.45) is 2.43. The monoisotopic (exact) mass is 298 g/mol. The molecule has 114 valence electrons. The van der Waals surface area contributed by atoms with E-state index in [1.54, 1.807) is 24.3 Å². The molecule has 0 heterocycles. The normalized spacial score (nSPS) is 11.2. The lowest BCUT2D eigenvalue weighted by Gasteiger charge is -2.09. The third kappa shape index (κ3) is 3.88. The smallest absolute Gasteiger partial charge is 0.336 e. The maximum absolute atomic E-state index is 11.6. The summed E-state index contributed by atoms with van der Waals surface area (Å²) in [4.78, 5) is 11.6. The van der Waals surface area contributed by atoms with Crippen molar-refractivity contribution in [2.45, 2.75) is 13.3 Å². The molecular formula is C18H18O4. The summed E-state index contributed by atoms with van der Waals surface area (Å²) in [7, 11) is 0. The Morgan fingerprint density at radius 2 is 1.95 bits per heavy atom.